The van der Waals surface area contributed by atoms with Crippen molar-refractivity contribution in [1.82, 2.24) is 14.8 Å². The first-order valence-electron chi connectivity index (χ1n) is 9.16. The molecule has 28 heavy (non-hydrogen) atoms. The van der Waals surface area contributed by atoms with Gasteiger partial charge in [-0.15, -0.1) is 10.2 Å². The number of nitriles is 1. The average molecular weight is 379 g/mol. The van der Waals surface area contributed by atoms with Crippen LogP contribution in [0.15, 0.2) is 42.7 Å². The van der Waals surface area contributed by atoms with Crippen molar-refractivity contribution in [2.24, 2.45) is 7.05 Å². The highest BCUT2D eigenvalue weighted by Crippen LogP contribution is 2.38. The molecule has 1 aliphatic rings. The Bertz CT molecular complexity index is 1050. The van der Waals surface area contributed by atoms with Crippen molar-refractivity contribution in [1.29, 1.82) is 5.26 Å². The van der Waals surface area contributed by atoms with Gasteiger partial charge >= 0.3 is 0 Å². The number of hydrogen-bond donors (Lipinski definition) is 0. The Balaban J connectivity index is 1.68. The summed E-state index contributed by atoms with van der Waals surface area (Å²) in [4.78, 5) is 2.11. The molecule has 0 atom stereocenters. The van der Waals surface area contributed by atoms with Gasteiger partial charge < -0.3 is 9.47 Å². The number of aromatic nitrogens is 3. The van der Waals surface area contributed by atoms with Crippen molar-refractivity contribution < 1.29 is 8.78 Å². The molecule has 0 unspecified atom stereocenters. The van der Waals surface area contributed by atoms with Crippen LogP contribution in [-0.4, -0.2) is 27.9 Å². The van der Waals surface area contributed by atoms with Crippen molar-refractivity contribution in [2.75, 3.05) is 18.0 Å². The lowest BCUT2D eigenvalue weighted by Crippen LogP contribution is -2.34. The summed E-state index contributed by atoms with van der Waals surface area (Å²) in [6.45, 7) is 1.43. The quantitative estimate of drug-likeness (QED) is 0.690. The van der Waals surface area contributed by atoms with Crippen LogP contribution >= 0.6 is 0 Å². The SMILES string of the molecule is Cn1cnnc1C1CCN(c2c(C#N)cccc2-c2ccc(F)cc2F)CC1. The predicted molar refractivity (Wildman–Crippen MR) is 102 cm³/mol. The molecule has 5 nitrogen and oxygen atoms in total. The largest absolute Gasteiger partial charge is 0.370 e. The number of piperidine rings is 1. The molecule has 4 rings (SSSR count). The summed E-state index contributed by atoms with van der Waals surface area (Å²) in [5, 5.41) is 17.8. The van der Waals surface area contributed by atoms with Crippen LogP contribution in [-0.2, 0) is 7.05 Å². The van der Waals surface area contributed by atoms with Crippen LogP contribution in [0.4, 0.5) is 14.5 Å². The van der Waals surface area contributed by atoms with Gasteiger partial charge in [0.15, 0.2) is 0 Å². The second-order valence-electron chi connectivity index (χ2n) is 7.00. The van der Waals surface area contributed by atoms with Gasteiger partial charge in [-0.25, -0.2) is 8.78 Å². The van der Waals surface area contributed by atoms with E-state index in [1.165, 1.54) is 12.1 Å². The van der Waals surface area contributed by atoms with Crippen LogP contribution in [0.2, 0.25) is 0 Å². The summed E-state index contributed by atoms with van der Waals surface area (Å²) in [7, 11) is 1.93. The molecule has 0 spiro atoms. The first-order valence-corrected chi connectivity index (χ1v) is 9.16. The van der Waals surface area contributed by atoms with Gasteiger partial charge in [-0.2, -0.15) is 5.26 Å². The van der Waals surface area contributed by atoms with Gasteiger partial charge in [-0.1, -0.05) is 12.1 Å². The molecular weight excluding hydrogens is 360 g/mol. The van der Waals surface area contributed by atoms with Gasteiger partial charge in [0, 0.05) is 43.2 Å². The van der Waals surface area contributed by atoms with E-state index in [1.807, 2.05) is 11.6 Å². The Morgan fingerprint density at radius 3 is 2.54 bits per heavy atom. The summed E-state index contributed by atoms with van der Waals surface area (Å²) in [5.74, 6) is -0.00364. The van der Waals surface area contributed by atoms with E-state index in [9.17, 15) is 14.0 Å². The van der Waals surface area contributed by atoms with Crippen LogP contribution in [0.25, 0.3) is 11.1 Å². The topological polar surface area (TPSA) is 57.7 Å². The molecule has 7 heteroatoms. The summed E-state index contributed by atoms with van der Waals surface area (Å²) in [6, 6.07) is 11.0. The van der Waals surface area contributed by atoms with Crippen molar-refractivity contribution in [3.05, 3.63) is 65.7 Å². The van der Waals surface area contributed by atoms with Crippen LogP contribution in [0, 0.1) is 23.0 Å². The molecule has 0 N–H and O–H groups in total. The first kappa shape index (κ1) is 18.1. The molecule has 0 radical (unpaired) electrons. The Kier molecular flexibility index (Phi) is 4.78. The Labute approximate surface area is 161 Å². The molecular formula is C21H19F2N5. The number of para-hydroxylation sites is 1. The van der Waals surface area contributed by atoms with Crippen LogP contribution in [0.1, 0.15) is 30.1 Å². The van der Waals surface area contributed by atoms with Crippen molar-refractivity contribution in [3.63, 3.8) is 0 Å². The first-order chi connectivity index (χ1) is 13.6. The van der Waals surface area contributed by atoms with Gasteiger partial charge in [0.1, 0.15) is 29.9 Å². The molecule has 142 valence electrons. The second kappa shape index (κ2) is 7.39. The molecule has 2 aromatic carbocycles. The highest BCUT2D eigenvalue weighted by atomic mass is 19.1. The number of benzene rings is 2. The third-order valence-corrected chi connectivity index (χ3v) is 5.30. The van der Waals surface area contributed by atoms with Gasteiger partial charge in [0.25, 0.3) is 0 Å². The zero-order chi connectivity index (χ0) is 19.7. The lowest BCUT2D eigenvalue weighted by Gasteiger charge is -2.35. The van der Waals surface area contributed by atoms with Gasteiger partial charge in [-0.05, 0) is 31.0 Å². The van der Waals surface area contributed by atoms with E-state index in [4.69, 9.17) is 0 Å². The van der Waals surface area contributed by atoms with Crippen molar-refractivity contribution >= 4 is 5.69 Å². The van der Waals surface area contributed by atoms with Crippen LogP contribution in [0.5, 0.6) is 0 Å². The fourth-order valence-electron chi connectivity index (χ4n) is 3.92. The Hall–Kier alpha value is -3.27. The molecule has 1 aromatic heterocycles. The minimum Gasteiger partial charge on any atom is -0.370 e. The molecule has 2 heterocycles. The standard InChI is InChI=1S/C21H19F2N5/c1-27-13-25-26-21(27)14-7-9-28(10-8-14)20-15(12-24)3-2-4-18(20)17-6-5-16(22)11-19(17)23/h2-6,11,13-14H,7-10H2,1H3. The molecule has 1 aliphatic heterocycles. The van der Waals surface area contributed by atoms with Crippen molar-refractivity contribution in [3.8, 4) is 17.2 Å². The number of hydrogen-bond acceptors (Lipinski definition) is 4. The van der Waals surface area contributed by atoms with E-state index < -0.39 is 11.6 Å². The average Bonchev–Trinajstić information content (AvgIpc) is 3.13. The predicted octanol–water partition coefficient (Wildman–Crippen LogP) is 4.02. The highest BCUT2D eigenvalue weighted by molar-refractivity contribution is 5.83. The van der Waals surface area contributed by atoms with Gasteiger partial charge in [0.2, 0.25) is 0 Å². The van der Waals surface area contributed by atoms with E-state index in [-0.39, 0.29) is 0 Å². The van der Waals surface area contributed by atoms with Gasteiger partial charge in [0.05, 0.1) is 11.3 Å². The Morgan fingerprint density at radius 2 is 1.89 bits per heavy atom. The van der Waals surface area contributed by atoms with E-state index in [1.54, 1.807) is 24.5 Å². The molecule has 0 bridgehead atoms. The summed E-state index contributed by atoms with van der Waals surface area (Å²) < 4.78 is 29.7. The Morgan fingerprint density at radius 1 is 1.11 bits per heavy atom. The molecule has 1 saturated heterocycles. The third kappa shape index (κ3) is 3.22. The van der Waals surface area contributed by atoms with E-state index in [0.29, 0.717) is 41.4 Å². The number of aryl methyl sites for hydroxylation is 1. The second-order valence-corrected chi connectivity index (χ2v) is 7.00. The molecule has 0 aliphatic carbocycles. The van der Waals surface area contributed by atoms with E-state index in [0.717, 1.165) is 24.7 Å². The number of halogens is 2. The molecule has 1 fully saturated rings. The van der Waals surface area contributed by atoms with Crippen molar-refractivity contribution in [2.45, 2.75) is 18.8 Å². The van der Waals surface area contributed by atoms with Crippen LogP contribution < -0.4 is 4.90 Å². The molecule has 0 saturated carbocycles. The molecule has 3 aromatic rings. The number of nitrogens with zero attached hydrogens (tertiary/aromatic N) is 5. The number of rotatable bonds is 3. The van der Waals surface area contributed by atoms with E-state index >= 15 is 0 Å². The minimum absolute atomic E-state index is 0.295. The maximum atomic E-state index is 14.5. The lowest BCUT2D eigenvalue weighted by molar-refractivity contribution is 0.474. The summed E-state index contributed by atoms with van der Waals surface area (Å²) in [6.07, 6.45) is 3.41. The normalized spacial score (nSPS) is 14.9. The number of anilines is 1. The van der Waals surface area contributed by atoms with Gasteiger partial charge in [-0.3, -0.25) is 0 Å². The fraction of sp³-hybridized carbons (Fsp3) is 0.286. The van der Waals surface area contributed by atoms with Crippen LogP contribution in [0.3, 0.4) is 0 Å². The lowest BCUT2D eigenvalue weighted by atomic mass is 9.93. The minimum atomic E-state index is -0.634. The zero-order valence-electron chi connectivity index (χ0n) is 15.4. The maximum absolute atomic E-state index is 14.5. The monoisotopic (exact) mass is 379 g/mol. The zero-order valence-corrected chi connectivity index (χ0v) is 15.4. The maximum Gasteiger partial charge on any atom is 0.135 e. The molecule has 0 amide bonds. The fourth-order valence-corrected chi connectivity index (χ4v) is 3.92. The highest BCUT2D eigenvalue weighted by Gasteiger charge is 2.27. The smallest absolute Gasteiger partial charge is 0.135 e. The summed E-state index contributed by atoms with van der Waals surface area (Å²) >= 11 is 0. The van der Waals surface area contributed by atoms with E-state index in [2.05, 4.69) is 21.2 Å². The third-order valence-electron chi connectivity index (χ3n) is 5.30. The summed E-state index contributed by atoms with van der Waals surface area (Å²) in [5.41, 5.74) is 2.09.